The minimum atomic E-state index is -3.44. The van der Waals surface area contributed by atoms with E-state index in [1.807, 2.05) is 0 Å². The maximum absolute atomic E-state index is 12.1. The van der Waals surface area contributed by atoms with Crippen LogP contribution in [0, 0.1) is 0 Å². The van der Waals surface area contributed by atoms with Gasteiger partial charge in [-0.3, -0.25) is 4.79 Å². The Kier molecular flexibility index (Phi) is 4.60. The molecule has 7 heteroatoms. The molecule has 0 fully saturated rings. The van der Waals surface area contributed by atoms with Crippen LogP contribution in [0.4, 0.5) is 0 Å². The van der Waals surface area contributed by atoms with Crippen molar-refractivity contribution in [1.82, 2.24) is 0 Å². The van der Waals surface area contributed by atoms with E-state index in [9.17, 15) is 13.2 Å². The number of sulfone groups is 1. The molecule has 5 nitrogen and oxygen atoms in total. The number of carbonyl (C=O) groups is 1. The Hall–Kier alpha value is -0.823. The third kappa shape index (κ3) is 4.13. The van der Waals surface area contributed by atoms with E-state index in [0.717, 1.165) is 6.08 Å². The van der Waals surface area contributed by atoms with E-state index in [4.69, 9.17) is 9.47 Å². The van der Waals surface area contributed by atoms with Crippen LogP contribution in [0.1, 0.15) is 0 Å². The number of ketones is 1. The molecule has 0 saturated carbocycles. The highest BCUT2D eigenvalue weighted by atomic mass is 32.2. The van der Waals surface area contributed by atoms with Gasteiger partial charge in [-0.05, 0) is 6.04 Å². The van der Waals surface area contributed by atoms with Crippen molar-refractivity contribution in [2.45, 2.75) is 30.9 Å². The van der Waals surface area contributed by atoms with Crippen LogP contribution in [-0.4, -0.2) is 47.0 Å². The van der Waals surface area contributed by atoms with Gasteiger partial charge in [0.05, 0.1) is 13.2 Å². The molecule has 0 N–H and O–H groups in total. The molecule has 1 aliphatic rings. The van der Waals surface area contributed by atoms with Crippen molar-refractivity contribution in [2.24, 2.45) is 0 Å². The predicted octanol–water partition coefficient (Wildman–Crippen LogP) is 1.20. The Balaban J connectivity index is 2.76. The maximum Gasteiger partial charge on any atom is 0.282 e. The van der Waals surface area contributed by atoms with E-state index in [2.05, 4.69) is 19.6 Å². The van der Waals surface area contributed by atoms with Gasteiger partial charge in [-0.1, -0.05) is 19.6 Å². The summed E-state index contributed by atoms with van der Waals surface area (Å²) >= 11 is 0. The number of methoxy groups -OCH3 is 1. The predicted molar refractivity (Wildman–Crippen MR) is 71.8 cm³/mol. The number of hydrogen-bond donors (Lipinski definition) is 0. The average molecular weight is 292 g/mol. The normalized spacial score (nSPS) is 21.2. The minimum Gasteiger partial charge on any atom is -0.469 e. The first kappa shape index (κ1) is 15.2. The standard InChI is InChI=1S/C11H20O5SSi/c1-15-11-7-9(12)10(8-16-11)17(13,14)5-6-18(2,3)4/h7,10H,5-6,8H2,1-4H3/t10-/m1/s1. The second-order valence-electron chi connectivity index (χ2n) is 5.55. The molecule has 0 aromatic heterocycles. The Morgan fingerprint density at radius 3 is 2.50 bits per heavy atom. The molecule has 0 aromatic rings. The lowest BCUT2D eigenvalue weighted by Gasteiger charge is -2.22. The Morgan fingerprint density at radius 1 is 1.44 bits per heavy atom. The largest absolute Gasteiger partial charge is 0.469 e. The topological polar surface area (TPSA) is 69.7 Å². The summed E-state index contributed by atoms with van der Waals surface area (Å²) in [4.78, 5) is 11.7. The first-order chi connectivity index (χ1) is 8.15. The lowest BCUT2D eigenvalue weighted by Crippen LogP contribution is -2.39. The monoisotopic (exact) mass is 292 g/mol. The first-order valence-corrected chi connectivity index (χ1v) is 11.2. The highest BCUT2D eigenvalue weighted by Crippen LogP contribution is 2.18. The van der Waals surface area contributed by atoms with Crippen LogP contribution in [-0.2, 0) is 24.1 Å². The highest BCUT2D eigenvalue weighted by molar-refractivity contribution is 7.92. The molecule has 0 bridgehead atoms. The lowest BCUT2D eigenvalue weighted by molar-refractivity contribution is -0.117. The molecule has 0 saturated heterocycles. The third-order valence-corrected chi connectivity index (χ3v) is 6.85. The molecule has 0 aromatic carbocycles. The summed E-state index contributed by atoms with van der Waals surface area (Å²) in [5.74, 6) is -0.316. The summed E-state index contributed by atoms with van der Waals surface area (Å²) in [5, 5.41) is -1.08. The van der Waals surface area contributed by atoms with Gasteiger partial charge in [-0.25, -0.2) is 8.42 Å². The Labute approximate surface area is 109 Å². The zero-order valence-corrected chi connectivity index (χ0v) is 13.0. The molecule has 104 valence electrons. The van der Waals surface area contributed by atoms with Gasteiger partial charge in [0.15, 0.2) is 20.9 Å². The maximum atomic E-state index is 12.1. The van der Waals surface area contributed by atoms with E-state index < -0.39 is 28.9 Å². The zero-order valence-electron chi connectivity index (χ0n) is 11.2. The fourth-order valence-electron chi connectivity index (χ4n) is 1.48. The third-order valence-electron chi connectivity index (χ3n) is 2.73. The van der Waals surface area contributed by atoms with Crippen LogP contribution in [0.25, 0.3) is 0 Å². The fraction of sp³-hybridized carbons (Fsp3) is 0.727. The van der Waals surface area contributed by atoms with Gasteiger partial charge in [0.25, 0.3) is 5.95 Å². The zero-order chi connectivity index (χ0) is 14.0. The summed E-state index contributed by atoms with van der Waals surface area (Å²) in [6.07, 6.45) is 1.11. The number of hydrogen-bond acceptors (Lipinski definition) is 5. The van der Waals surface area contributed by atoms with Crippen molar-refractivity contribution < 1.29 is 22.7 Å². The lowest BCUT2D eigenvalue weighted by atomic mass is 10.2. The molecule has 0 aliphatic carbocycles. The van der Waals surface area contributed by atoms with Gasteiger partial charge in [0, 0.05) is 13.8 Å². The minimum absolute atomic E-state index is 0.0542. The van der Waals surface area contributed by atoms with Crippen molar-refractivity contribution in [3.8, 4) is 0 Å². The van der Waals surface area contributed by atoms with Crippen molar-refractivity contribution in [1.29, 1.82) is 0 Å². The van der Waals surface area contributed by atoms with Gasteiger partial charge < -0.3 is 9.47 Å². The molecular formula is C11H20O5SSi. The van der Waals surface area contributed by atoms with Crippen LogP contribution in [0.2, 0.25) is 25.7 Å². The smallest absolute Gasteiger partial charge is 0.282 e. The molecule has 0 amide bonds. The van der Waals surface area contributed by atoms with Gasteiger partial charge in [-0.15, -0.1) is 0 Å². The summed E-state index contributed by atoms with van der Waals surface area (Å²) < 4.78 is 34.0. The van der Waals surface area contributed by atoms with Gasteiger partial charge in [-0.2, -0.15) is 0 Å². The van der Waals surface area contributed by atoms with Crippen LogP contribution in [0.5, 0.6) is 0 Å². The van der Waals surface area contributed by atoms with E-state index in [-0.39, 0.29) is 18.3 Å². The van der Waals surface area contributed by atoms with Crippen molar-refractivity contribution in [3.05, 3.63) is 12.0 Å². The Morgan fingerprint density at radius 2 is 2.06 bits per heavy atom. The van der Waals surface area contributed by atoms with Crippen LogP contribution < -0.4 is 0 Å². The molecule has 0 unspecified atom stereocenters. The van der Waals surface area contributed by atoms with Gasteiger partial charge >= 0.3 is 0 Å². The molecular weight excluding hydrogens is 272 g/mol. The molecule has 1 atom stereocenters. The molecule has 1 heterocycles. The summed E-state index contributed by atoms with van der Waals surface area (Å²) in [6, 6.07) is 0.653. The van der Waals surface area contributed by atoms with Crippen LogP contribution >= 0.6 is 0 Å². The van der Waals surface area contributed by atoms with Crippen molar-refractivity contribution in [3.63, 3.8) is 0 Å². The molecule has 1 rings (SSSR count). The van der Waals surface area contributed by atoms with E-state index >= 15 is 0 Å². The SMILES string of the molecule is COC1=CC(=O)[C@H](S(=O)(=O)CC[Si](C)(C)C)CO1. The van der Waals surface area contributed by atoms with Crippen LogP contribution in [0.15, 0.2) is 12.0 Å². The van der Waals surface area contributed by atoms with E-state index in [0.29, 0.717) is 6.04 Å². The number of ether oxygens (including phenoxy) is 2. The number of allylic oxidation sites excluding steroid dienone is 1. The first-order valence-electron chi connectivity index (χ1n) is 5.79. The molecule has 1 aliphatic heterocycles. The summed E-state index contributed by atoms with van der Waals surface area (Å²) in [7, 11) is -3.51. The molecule has 0 radical (unpaired) electrons. The van der Waals surface area contributed by atoms with E-state index in [1.54, 1.807) is 0 Å². The summed E-state index contributed by atoms with van der Waals surface area (Å²) in [6.45, 7) is 6.16. The van der Waals surface area contributed by atoms with Crippen molar-refractivity contribution in [2.75, 3.05) is 19.5 Å². The second-order valence-corrected chi connectivity index (χ2v) is 13.5. The summed E-state index contributed by atoms with van der Waals surface area (Å²) in [5.41, 5.74) is 0. The highest BCUT2D eigenvalue weighted by Gasteiger charge is 2.36. The molecule has 18 heavy (non-hydrogen) atoms. The van der Waals surface area contributed by atoms with Crippen molar-refractivity contribution >= 4 is 23.7 Å². The average Bonchev–Trinajstić information content (AvgIpc) is 2.25. The Bertz CT molecular complexity index is 447. The fourth-order valence-corrected chi connectivity index (χ4v) is 6.05. The van der Waals surface area contributed by atoms with E-state index in [1.165, 1.54) is 7.11 Å². The second kappa shape index (κ2) is 5.44. The number of rotatable bonds is 5. The molecule has 0 spiro atoms. The quantitative estimate of drug-likeness (QED) is 0.712. The number of carbonyl (C=O) groups excluding carboxylic acids is 1. The van der Waals surface area contributed by atoms with Crippen LogP contribution in [0.3, 0.4) is 0 Å². The van der Waals surface area contributed by atoms with Gasteiger partial charge in [0.2, 0.25) is 0 Å². The van der Waals surface area contributed by atoms with Gasteiger partial charge in [0.1, 0.15) is 6.61 Å².